The van der Waals surface area contributed by atoms with Gasteiger partial charge in [-0.05, 0) is 49.6 Å². The lowest BCUT2D eigenvalue weighted by Gasteiger charge is -2.26. The van der Waals surface area contributed by atoms with E-state index in [9.17, 15) is 14.2 Å². The summed E-state index contributed by atoms with van der Waals surface area (Å²) in [6, 6.07) is 10.6. The third-order valence-corrected chi connectivity index (χ3v) is 3.99. The van der Waals surface area contributed by atoms with Crippen molar-refractivity contribution >= 4 is 18.6 Å². The van der Waals surface area contributed by atoms with Gasteiger partial charge in [-0.15, -0.1) is 0 Å². The third kappa shape index (κ3) is 4.22. The molecule has 0 aliphatic rings. The number of benzene rings is 2. The molecular formula is C18H20BFO4. The Morgan fingerprint density at radius 2 is 1.88 bits per heavy atom. The van der Waals surface area contributed by atoms with Crippen molar-refractivity contribution in [3.63, 3.8) is 0 Å². The average Bonchev–Trinajstić information content (AvgIpc) is 2.55. The summed E-state index contributed by atoms with van der Waals surface area (Å²) in [5.41, 5.74) is 0.798. The summed E-state index contributed by atoms with van der Waals surface area (Å²) < 4.78 is 19.6. The summed E-state index contributed by atoms with van der Waals surface area (Å²) in [5.74, 6) is -1.61. The molecule has 0 unspecified atom stereocenters. The standard InChI is InChI=1S/C18H20BFO4/c1-4-18(2,3)24-19(23)15-11-13(8-9-16(15)20)12-6-5-7-14(10-12)17(21)22/h5-11,23H,4H2,1-3H3,(H,21,22). The van der Waals surface area contributed by atoms with Crippen molar-refractivity contribution in [3.05, 3.63) is 53.8 Å². The molecule has 0 saturated heterocycles. The van der Waals surface area contributed by atoms with Gasteiger partial charge in [0, 0.05) is 11.1 Å². The Bertz CT molecular complexity index is 746. The number of hydrogen-bond acceptors (Lipinski definition) is 3. The van der Waals surface area contributed by atoms with E-state index in [1.807, 2.05) is 20.8 Å². The summed E-state index contributed by atoms with van der Waals surface area (Å²) >= 11 is 0. The smallest absolute Gasteiger partial charge is 0.478 e. The molecule has 0 fully saturated rings. The zero-order valence-corrected chi connectivity index (χ0v) is 13.9. The normalized spacial score (nSPS) is 11.4. The molecule has 0 aliphatic heterocycles. The molecule has 0 spiro atoms. The Morgan fingerprint density at radius 3 is 2.50 bits per heavy atom. The SMILES string of the molecule is CCC(C)(C)OB(O)c1cc(-c2cccc(C(=O)O)c2)ccc1F. The van der Waals surface area contributed by atoms with Crippen LogP contribution in [0.5, 0.6) is 0 Å². The molecule has 126 valence electrons. The molecule has 2 rings (SSSR count). The largest absolute Gasteiger partial charge is 0.494 e. The van der Waals surface area contributed by atoms with Crippen LogP contribution >= 0.6 is 0 Å². The number of carboxylic acids is 1. The van der Waals surface area contributed by atoms with E-state index in [0.29, 0.717) is 17.5 Å². The van der Waals surface area contributed by atoms with E-state index >= 15 is 0 Å². The van der Waals surface area contributed by atoms with E-state index in [1.165, 1.54) is 30.3 Å². The van der Waals surface area contributed by atoms with Crippen molar-refractivity contribution < 1.29 is 24.0 Å². The van der Waals surface area contributed by atoms with Gasteiger partial charge in [-0.2, -0.15) is 0 Å². The Labute approximate surface area is 141 Å². The molecule has 0 aromatic heterocycles. The molecule has 24 heavy (non-hydrogen) atoms. The highest BCUT2D eigenvalue weighted by atomic mass is 19.1. The third-order valence-electron chi connectivity index (χ3n) is 3.99. The quantitative estimate of drug-likeness (QED) is 0.799. The van der Waals surface area contributed by atoms with Crippen molar-refractivity contribution in [2.24, 2.45) is 0 Å². The van der Waals surface area contributed by atoms with E-state index in [0.717, 1.165) is 0 Å². The van der Waals surface area contributed by atoms with Crippen LogP contribution in [0.15, 0.2) is 42.5 Å². The molecule has 0 bridgehead atoms. The van der Waals surface area contributed by atoms with Gasteiger partial charge < -0.3 is 14.8 Å². The Hall–Kier alpha value is -2.18. The summed E-state index contributed by atoms with van der Waals surface area (Å²) in [4.78, 5) is 11.1. The van der Waals surface area contributed by atoms with Crippen LogP contribution in [0, 0.1) is 5.82 Å². The second-order valence-corrected chi connectivity index (χ2v) is 6.21. The number of carbonyl (C=O) groups is 1. The van der Waals surface area contributed by atoms with E-state index in [2.05, 4.69) is 0 Å². The molecule has 0 radical (unpaired) electrons. The van der Waals surface area contributed by atoms with Crippen LogP contribution in [0.4, 0.5) is 4.39 Å². The lowest BCUT2D eigenvalue weighted by molar-refractivity contribution is 0.0696. The Morgan fingerprint density at radius 1 is 1.21 bits per heavy atom. The van der Waals surface area contributed by atoms with Crippen molar-refractivity contribution in [1.29, 1.82) is 0 Å². The lowest BCUT2D eigenvalue weighted by Crippen LogP contribution is -2.43. The molecule has 4 nitrogen and oxygen atoms in total. The minimum atomic E-state index is -1.40. The van der Waals surface area contributed by atoms with Crippen LogP contribution in [-0.4, -0.2) is 28.8 Å². The number of carboxylic acid groups (broad SMARTS) is 1. The first-order valence-corrected chi connectivity index (χ1v) is 7.72. The number of halogens is 1. The fraction of sp³-hybridized carbons (Fsp3) is 0.278. The number of aromatic carboxylic acids is 1. The van der Waals surface area contributed by atoms with E-state index < -0.39 is 24.5 Å². The van der Waals surface area contributed by atoms with Gasteiger partial charge in [-0.3, -0.25) is 0 Å². The van der Waals surface area contributed by atoms with Gasteiger partial charge in [-0.25, -0.2) is 9.18 Å². The lowest BCUT2D eigenvalue weighted by atomic mass is 9.76. The van der Waals surface area contributed by atoms with Crippen molar-refractivity contribution in [2.45, 2.75) is 32.8 Å². The van der Waals surface area contributed by atoms with E-state index in [1.54, 1.807) is 12.1 Å². The zero-order valence-electron chi connectivity index (χ0n) is 13.9. The molecule has 2 N–H and O–H groups in total. The minimum absolute atomic E-state index is 0.0229. The number of hydrogen-bond donors (Lipinski definition) is 2. The van der Waals surface area contributed by atoms with Gasteiger partial charge in [0.2, 0.25) is 0 Å². The van der Waals surface area contributed by atoms with Crippen LogP contribution < -0.4 is 5.46 Å². The summed E-state index contributed by atoms with van der Waals surface area (Å²) in [6.45, 7) is 5.54. The van der Waals surface area contributed by atoms with Crippen molar-refractivity contribution in [3.8, 4) is 11.1 Å². The average molecular weight is 330 g/mol. The molecule has 0 heterocycles. The topological polar surface area (TPSA) is 66.8 Å². The molecular weight excluding hydrogens is 310 g/mol. The first-order valence-electron chi connectivity index (χ1n) is 7.72. The van der Waals surface area contributed by atoms with Gasteiger partial charge in [0.25, 0.3) is 0 Å². The fourth-order valence-corrected chi connectivity index (χ4v) is 2.19. The molecule has 2 aromatic carbocycles. The first kappa shape index (κ1) is 18.2. The molecule has 0 saturated carbocycles. The predicted octanol–water partition coefficient (Wildman–Crippen LogP) is 3.08. The van der Waals surface area contributed by atoms with Crippen LogP contribution in [0.1, 0.15) is 37.6 Å². The summed E-state index contributed by atoms with van der Waals surface area (Å²) in [5, 5.41) is 19.3. The Kier molecular flexibility index (Phi) is 5.42. The van der Waals surface area contributed by atoms with Crippen molar-refractivity contribution in [2.75, 3.05) is 0 Å². The highest BCUT2D eigenvalue weighted by Crippen LogP contribution is 2.21. The van der Waals surface area contributed by atoms with Crippen molar-refractivity contribution in [1.82, 2.24) is 0 Å². The van der Waals surface area contributed by atoms with Gasteiger partial charge in [0.1, 0.15) is 5.82 Å². The predicted molar refractivity (Wildman–Crippen MR) is 91.9 cm³/mol. The monoisotopic (exact) mass is 330 g/mol. The number of rotatable bonds is 6. The molecule has 2 aromatic rings. The summed E-state index contributed by atoms with van der Waals surface area (Å²) in [7, 11) is -1.40. The molecule has 6 heteroatoms. The molecule has 0 atom stereocenters. The second kappa shape index (κ2) is 7.15. The van der Waals surface area contributed by atoms with Gasteiger partial charge >= 0.3 is 13.1 Å². The highest BCUT2D eigenvalue weighted by Gasteiger charge is 2.28. The second-order valence-electron chi connectivity index (χ2n) is 6.21. The van der Waals surface area contributed by atoms with Gasteiger partial charge in [-0.1, -0.05) is 31.2 Å². The minimum Gasteiger partial charge on any atom is -0.478 e. The van der Waals surface area contributed by atoms with E-state index in [-0.39, 0.29) is 11.0 Å². The van der Waals surface area contributed by atoms with Crippen LogP contribution in [0.3, 0.4) is 0 Å². The highest BCUT2D eigenvalue weighted by molar-refractivity contribution is 6.60. The fourth-order valence-electron chi connectivity index (χ4n) is 2.19. The summed E-state index contributed by atoms with van der Waals surface area (Å²) in [6.07, 6.45) is 0.659. The molecule has 0 amide bonds. The van der Waals surface area contributed by atoms with Crippen LogP contribution in [0.2, 0.25) is 0 Å². The maximum absolute atomic E-state index is 14.1. The maximum atomic E-state index is 14.1. The van der Waals surface area contributed by atoms with Crippen LogP contribution in [-0.2, 0) is 4.65 Å². The first-order chi connectivity index (χ1) is 11.2. The van der Waals surface area contributed by atoms with Crippen LogP contribution in [0.25, 0.3) is 11.1 Å². The van der Waals surface area contributed by atoms with Gasteiger partial charge in [0.15, 0.2) is 0 Å². The maximum Gasteiger partial charge on any atom is 0.494 e. The van der Waals surface area contributed by atoms with Gasteiger partial charge in [0.05, 0.1) is 5.56 Å². The van der Waals surface area contributed by atoms with E-state index in [4.69, 9.17) is 9.76 Å². The zero-order chi connectivity index (χ0) is 17.9. The Balaban J connectivity index is 2.38. The molecule has 0 aliphatic carbocycles.